The number of aromatic nitrogens is 1. The Hall–Kier alpha value is -2.23. The van der Waals surface area contributed by atoms with E-state index in [-0.39, 0.29) is 6.42 Å². The van der Waals surface area contributed by atoms with E-state index in [2.05, 4.69) is 4.98 Å². The van der Waals surface area contributed by atoms with Gasteiger partial charge in [0.15, 0.2) is 0 Å². The molecule has 0 amide bonds. The molecule has 2 aromatic carbocycles. The summed E-state index contributed by atoms with van der Waals surface area (Å²) in [6, 6.07) is 16.1. The highest BCUT2D eigenvalue weighted by Crippen LogP contribution is 2.36. The van der Waals surface area contributed by atoms with Crippen molar-refractivity contribution in [2.75, 3.05) is 0 Å². The maximum absolute atomic E-state index is 13.2. The van der Waals surface area contributed by atoms with Crippen molar-refractivity contribution in [2.24, 2.45) is 0 Å². The van der Waals surface area contributed by atoms with Gasteiger partial charge in [0.1, 0.15) is 5.69 Å². The van der Waals surface area contributed by atoms with E-state index >= 15 is 0 Å². The molecule has 0 saturated carbocycles. The molecule has 0 unspecified atom stereocenters. The first kappa shape index (κ1) is 12.8. The summed E-state index contributed by atoms with van der Waals surface area (Å²) in [5, 5.41) is 0.628. The minimum atomic E-state index is -4.37. The zero-order valence-electron chi connectivity index (χ0n) is 10.5. The number of H-pyrrole nitrogens is 1. The number of para-hydroxylation sites is 1. The Morgan fingerprint density at radius 1 is 0.850 bits per heavy atom. The van der Waals surface area contributed by atoms with E-state index in [0.29, 0.717) is 16.5 Å². The van der Waals surface area contributed by atoms with E-state index in [4.69, 9.17) is 0 Å². The van der Waals surface area contributed by atoms with Crippen LogP contribution >= 0.6 is 0 Å². The Bertz CT molecular complexity index is 726. The maximum atomic E-state index is 13.2. The quantitative estimate of drug-likeness (QED) is 0.693. The lowest BCUT2D eigenvalue weighted by Crippen LogP contribution is -2.09. The molecule has 0 aliphatic carbocycles. The Morgan fingerprint density at radius 2 is 1.50 bits per heavy atom. The summed E-state index contributed by atoms with van der Waals surface area (Å²) >= 11 is 0. The highest BCUT2D eigenvalue weighted by atomic mass is 19.4. The van der Waals surface area contributed by atoms with E-state index in [9.17, 15) is 13.2 Å². The van der Waals surface area contributed by atoms with E-state index in [1.165, 1.54) is 0 Å². The van der Waals surface area contributed by atoms with E-state index in [1.54, 1.807) is 24.3 Å². The van der Waals surface area contributed by atoms with Crippen LogP contribution in [-0.2, 0) is 12.6 Å². The van der Waals surface area contributed by atoms with Crippen LogP contribution in [-0.4, -0.2) is 4.98 Å². The van der Waals surface area contributed by atoms with Crippen molar-refractivity contribution < 1.29 is 13.2 Å². The third-order valence-electron chi connectivity index (χ3n) is 3.32. The summed E-state index contributed by atoms with van der Waals surface area (Å²) < 4.78 is 39.5. The van der Waals surface area contributed by atoms with Gasteiger partial charge in [0.25, 0.3) is 0 Å². The van der Waals surface area contributed by atoms with Gasteiger partial charge in [0.2, 0.25) is 0 Å². The fourth-order valence-electron chi connectivity index (χ4n) is 2.43. The third-order valence-corrected chi connectivity index (χ3v) is 3.32. The molecule has 0 spiro atoms. The van der Waals surface area contributed by atoms with Crippen LogP contribution in [0.1, 0.15) is 16.8 Å². The van der Waals surface area contributed by atoms with Gasteiger partial charge in [-0.25, -0.2) is 0 Å². The first-order valence-electron chi connectivity index (χ1n) is 6.26. The predicted molar refractivity (Wildman–Crippen MR) is 72.5 cm³/mol. The van der Waals surface area contributed by atoms with Gasteiger partial charge < -0.3 is 4.98 Å². The van der Waals surface area contributed by atoms with Crippen molar-refractivity contribution in [1.29, 1.82) is 0 Å². The van der Waals surface area contributed by atoms with Crippen LogP contribution in [0.25, 0.3) is 10.9 Å². The molecular formula is C16H12F3N. The van der Waals surface area contributed by atoms with E-state index < -0.39 is 11.9 Å². The van der Waals surface area contributed by atoms with Crippen LogP contribution in [0.5, 0.6) is 0 Å². The number of fused-ring (bicyclic) bond motifs is 1. The van der Waals surface area contributed by atoms with Gasteiger partial charge in [-0.15, -0.1) is 0 Å². The highest BCUT2D eigenvalue weighted by Gasteiger charge is 2.36. The fourth-order valence-corrected chi connectivity index (χ4v) is 2.43. The van der Waals surface area contributed by atoms with Crippen molar-refractivity contribution in [2.45, 2.75) is 12.6 Å². The van der Waals surface area contributed by atoms with Crippen LogP contribution in [0, 0.1) is 0 Å². The molecule has 3 rings (SSSR count). The molecule has 0 atom stereocenters. The summed E-state index contributed by atoms with van der Waals surface area (Å²) in [4.78, 5) is 2.50. The van der Waals surface area contributed by atoms with Gasteiger partial charge in [0.05, 0.1) is 0 Å². The molecule has 0 saturated heterocycles. The largest absolute Gasteiger partial charge is 0.431 e. The zero-order chi connectivity index (χ0) is 14.2. The van der Waals surface area contributed by atoms with Crippen molar-refractivity contribution in [3.8, 4) is 0 Å². The smallest absolute Gasteiger partial charge is 0.351 e. The van der Waals surface area contributed by atoms with Gasteiger partial charge in [-0.2, -0.15) is 13.2 Å². The first-order valence-corrected chi connectivity index (χ1v) is 6.26. The molecule has 3 aromatic rings. The molecule has 102 valence electrons. The molecule has 0 fully saturated rings. The minimum absolute atomic E-state index is 0.264. The summed E-state index contributed by atoms with van der Waals surface area (Å²) in [5.74, 6) is 0. The molecular weight excluding hydrogens is 263 g/mol. The normalized spacial score (nSPS) is 11.9. The van der Waals surface area contributed by atoms with Gasteiger partial charge in [-0.05, 0) is 17.2 Å². The van der Waals surface area contributed by atoms with Crippen molar-refractivity contribution >= 4 is 10.9 Å². The summed E-state index contributed by atoms with van der Waals surface area (Å²) in [6.45, 7) is 0. The summed E-state index contributed by atoms with van der Waals surface area (Å²) in [7, 11) is 0. The molecule has 20 heavy (non-hydrogen) atoms. The Morgan fingerprint density at radius 3 is 2.20 bits per heavy atom. The Labute approximate surface area is 114 Å². The molecule has 0 bridgehead atoms. The lowest BCUT2D eigenvalue weighted by atomic mass is 10.0. The number of halogens is 3. The summed E-state index contributed by atoms with van der Waals surface area (Å²) in [6.07, 6.45) is -4.11. The molecule has 1 heterocycles. The topological polar surface area (TPSA) is 15.8 Å². The molecule has 0 radical (unpaired) electrons. The summed E-state index contributed by atoms with van der Waals surface area (Å²) in [5.41, 5.74) is 1.04. The first-order chi connectivity index (χ1) is 9.55. The molecule has 1 N–H and O–H groups in total. The third kappa shape index (κ3) is 2.29. The molecule has 4 heteroatoms. The SMILES string of the molecule is FC(F)(F)c1[nH]c2ccccc2c1Cc1ccccc1. The average Bonchev–Trinajstić information content (AvgIpc) is 2.79. The predicted octanol–water partition coefficient (Wildman–Crippen LogP) is 4.78. The number of alkyl halides is 3. The van der Waals surface area contributed by atoms with E-state index in [0.717, 1.165) is 5.56 Å². The number of hydrogen-bond acceptors (Lipinski definition) is 0. The highest BCUT2D eigenvalue weighted by molar-refractivity contribution is 5.85. The average molecular weight is 275 g/mol. The van der Waals surface area contributed by atoms with Crippen molar-refractivity contribution in [3.05, 3.63) is 71.4 Å². The monoisotopic (exact) mass is 275 g/mol. The van der Waals surface area contributed by atoms with Crippen molar-refractivity contribution in [1.82, 2.24) is 4.98 Å². The second-order valence-corrected chi connectivity index (χ2v) is 4.68. The van der Waals surface area contributed by atoms with Crippen LogP contribution in [0.4, 0.5) is 13.2 Å². The second kappa shape index (κ2) is 4.71. The van der Waals surface area contributed by atoms with Gasteiger partial charge in [-0.1, -0.05) is 48.5 Å². The fraction of sp³-hybridized carbons (Fsp3) is 0.125. The Kier molecular flexibility index (Phi) is 3.01. The van der Waals surface area contributed by atoms with Crippen molar-refractivity contribution in [3.63, 3.8) is 0 Å². The Balaban J connectivity index is 2.16. The molecule has 1 nitrogen and oxygen atoms in total. The standard InChI is InChI=1S/C16H12F3N/c17-16(18,19)15-13(10-11-6-2-1-3-7-11)12-8-4-5-9-14(12)20-15/h1-9,20H,10H2. The second-order valence-electron chi connectivity index (χ2n) is 4.68. The molecule has 0 aliphatic heterocycles. The van der Waals surface area contributed by atoms with Gasteiger partial charge in [0, 0.05) is 17.3 Å². The van der Waals surface area contributed by atoms with Crippen LogP contribution in [0.15, 0.2) is 54.6 Å². The number of aromatic amines is 1. The number of benzene rings is 2. The van der Waals surface area contributed by atoms with Gasteiger partial charge in [-0.3, -0.25) is 0 Å². The zero-order valence-corrected chi connectivity index (χ0v) is 10.5. The van der Waals surface area contributed by atoms with Gasteiger partial charge >= 0.3 is 6.18 Å². The maximum Gasteiger partial charge on any atom is 0.431 e. The lowest BCUT2D eigenvalue weighted by Gasteiger charge is -2.08. The van der Waals surface area contributed by atoms with E-state index in [1.807, 2.05) is 30.3 Å². The lowest BCUT2D eigenvalue weighted by molar-refractivity contribution is -0.141. The number of hydrogen-bond donors (Lipinski definition) is 1. The minimum Gasteiger partial charge on any atom is -0.351 e. The van der Waals surface area contributed by atoms with Crippen LogP contribution < -0.4 is 0 Å². The number of rotatable bonds is 2. The molecule has 0 aliphatic rings. The van der Waals surface area contributed by atoms with Crippen LogP contribution in [0.2, 0.25) is 0 Å². The number of nitrogens with one attached hydrogen (secondary N) is 1. The van der Waals surface area contributed by atoms with Crippen LogP contribution in [0.3, 0.4) is 0 Å². The molecule has 1 aromatic heterocycles.